The molecule has 5 nitrogen and oxygen atoms in total. The molecular weight excluding hydrogens is 248 g/mol. The minimum absolute atomic E-state index is 0.0914. The van der Waals surface area contributed by atoms with Crippen molar-refractivity contribution in [3.05, 3.63) is 12.2 Å². The van der Waals surface area contributed by atoms with Crippen LogP contribution in [-0.4, -0.2) is 35.4 Å². The standard InChI is InChI=1S/C14H24O5/c1-2-3-4-5-6-7-8-12(14(17)18)11-13(16)19-10-9-15/h7-8,12,15H,2-6,9-11H2,1H3,(H,17,18)/b8-7+. The van der Waals surface area contributed by atoms with Crippen LogP contribution in [0.4, 0.5) is 0 Å². The molecule has 0 bridgehead atoms. The number of rotatable bonds is 11. The Morgan fingerprint density at radius 1 is 1.26 bits per heavy atom. The maximum Gasteiger partial charge on any atom is 0.310 e. The first-order valence-electron chi connectivity index (χ1n) is 6.77. The first-order valence-corrected chi connectivity index (χ1v) is 6.77. The van der Waals surface area contributed by atoms with Crippen molar-refractivity contribution in [2.75, 3.05) is 13.2 Å². The Morgan fingerprint density at radius 2 is 2.00 bits per heavy atom. The van der Waals surface area contributed by atoms with Crippen LogP contribution in [0.1, 0.15) is 45.4 Å². The predicted octanol–water partition coefficient (Wildman–Crippen LogP) is 2.14. The third-order valence-electron chi connectivity index (χ3n) is 2.65. The van der Waals surface area contributed by atoms with Crippen molar-refractivity contribution in [3.8, 4) is 0 Å². The first-order chi connectivity index (χ1) is 9.11. The van der Waals surface area contributed by atoms with E-state index in [1.54, 1.807) is 6.08 Å². The van der Waals surface area contributed by atoms with Gasteiger partial charge in [0, 0.05) is 0 Å². The number of aliphatic hydroxyl groups excluding tert-OH is 1. The van der Waals surface area contributed by atoms with Gasteiger partial charge in [-0.15, -0.1) is 0 Å². The van der Waals surface area contributed by atoms with E-state index < -0.39 is 17.9 Å². The molecule has 0 aliphatic heterocycles. The summed E-state index contributed by atoms with van der Waals surface area (Å²) in [6, 6.07) is 0. The molecule has 0 aromatic carbocycles. The lowest BCUT2D eigenvalue weighted by atomic mass is 10.0. The summed E-state index contributed by atoms with van der Waals surface area (Å²) < 4.78 is 4.65. The van der Waals surface area contributed by atoms with E-state index in [-0.39, 0.29) is 19.6 Å². The Labute approximate surface area is 114 Å². The average molecular weight is 272 g/mol. The zero-order chi connectivity index (χ0) is 14.5. The van der Waals surface area contributed by atoms with Crippen LogP contribution in [-0.2, 0) is 14.3 Å². The first kappa shape index (κ1) is 17.6. The van der Waals surface area contributed by atoms with E-state index in [0.29, 0.717) is 0 Å². The average Bonchev–Trinajstić information content (AvgIpc) is 2.38. The van der Waals surface area contributed by atoms with Crippen molar-refractivity contribution in [2.45, 2.75) is 45.4 Å². The summed E-state index contributed by atoms with van der Waals surface area (Å²) in [5, 5.41) is 17.5. The lowest BCUT2D eigenvalue weighted by molar-refractivity contribution is -0.150. The molecule has 0 aliphatic carbocycles. The molecule has 0 amide bonds. The van der Waals surface area contributed by atoms with Crippen LogP contribution in [0.2, 0.25) is 0 Å². The predicted molar refractivity (Wildman–Crippen MR) is 71.7 cm³/mol. The smallest absolute Gasteiger partial charge is 0.310 e. The number of aliphatic carboxylic acids is 1. The number of esters is 1. The summed E-state index contributed by atoms with van der Waals surface area (Å²) >= 11 is 0. The normalized spacial score (nSPS) is 12.5. The van der Waals surface area contributed by atoms with Crippen LogP contribution >= 0.6 is 0 Å². The van der Waals surface area contributed by atoms with Crippen LogP contribution < -0.4 is 0 Å². The van der Waals surface area contributed by atoms with Crippen LogP contribution in [0.25, 0.3) is 0 Å². The van der Waals surface area contributed by atoms with Crippen molar-refractivity contribution < 1.29 is 24.5 Å². The molecule has 5 heteroatoms. The maximum absolute atomic E-state index is 11.3. The van der Waals surface area contributed by atoms with Crippen molar-refractivity contribution in [3.63, 3.8) is 0 Å². The van der Waals surface area contributed by atoms with E-state index >= 15 is 0 Å². The van der Waals surface area contributed by atoms with Gasteiger partial charge in [-0.1, -0.05) is 38.3 Å². The summed E-state index contributed by atoms with van der Waals surface area (Å²) in [4.78, 5) is 22.2. The Hall–Kier alpha value is -1.36. The molecule has 19 heavy (non-hydrogen) atoms. The number of carboxylic acid groups (broad SMARTS) is 1. The summed E-state index contributed by atoms with van der Waals surface area (Å²) in [6.07, 6.45) is 8.52. The molecular formula is C14H24O5. The fourth-order valence-corrected chi connectivity index (χ4v) is 1.59. The molecule has 0 aromatic heterocycles. The van der Waals surface area contributed by atoms with Crippen molar-refractivity contribution in [2.24, 2.45) is 5.92 Å². The van der Waals surface area contributed by atoms with Gasteiger partial charge >= 0.3 is 11.9 Å². The quantitative estimate of drug-likeness (QED) is 0.342. The molecule has 0 saturated heterocycles. The van der Waals surface area contributed by atoms with E-state index in [1.807, 2.05) is 6.08 Å². The molecule has 0 heterocycles. The third kappa shape index (κ3) is 10.3. The third-order valence-corrected chi connectivity index (χ3v) is 2.65. The summed E-state index contributed by atoms with van der Waals surface area (Å²) in [7, 11) is 0. The number of carbonyl (C=O) groups is 2. The molecule has 0 aliphatic rings. The van der Waals surface area contributed by atoms with E-state index in [2.05, 4.69) is 11.7 Å². The van der Waals surface area contributed by atoms with Gasteiger partial charge in [-0.3, -0.25) is 9.59 Å². The second-order valence-corrected chi connectivity index (χ2v) is 4.37. The molecule has 0 fully saturated rings. The zero-order valence-electron chi connectivity index (χ0n) is 11.5. The van der Waals surface area contributed by atoms with Crippen molar-refractivity contribution >= 4 is 11.9 Å². The highest BCUT2D eigenvalue weighted by molar-refractivity contribution is 5.80. The van der Waals surface area contributed by atoms with Crippen LogP contribution in [0, 0.1) is 5.92 Å². The molecule has 0 rings (SSSR count). The highest BCUT2D eigenvalue weighted by Crippen LogP contribution is 2.10. The van der Waals surface area contributed by atoms with Gasteiger partial charge in [0.15, 0.2) is 0 Å². The summed E-state index contributed by atoms with van der Waals surface area (Å²) in [5.41, 5.74) is 0. The minimum atomic E-state index is -1.04. The number of allylic oxidation sites excluding steroid dienone is 1. The van der Waals surface area contributed by atoms with Crippen LogP contribution in [0.5, 0.6) is 0 Å². The second-order valence-electron chi connectivity index (χ2n) is 4.37. The lowest BCUT2D eigenvalue weighted by Crippen LogP contribution is -2.18. The number of hydrogen-bond acceptors (Lipinski definition) is 4. The van der Waals surface area contributed by atoms with Gasteiger partial charge in [0.2, 0.25) is 0 Å². The molecule has 0 aromatic rings. The molecule has 1 unspecified atom stereocenters. The van der Waals surface area contributed by atoms with Gasteiger partial charge in [-0.05, 0) is 12.8 Å². The highest BCUT2D eigenvalue weighted by Gasteiger charge is 2.18. The minimum Gasteiger partial charge on any atom is -0.481 e. The Morgan fingerprint density at radius 3 is 2.58 bits per heavy atom. The number of aliphatic hydroxyl groups is 1. The zero-order valence-corrected chi connectivity index (χ0v) is 11.5. The fourth-order valence-electron chi connectivity index (χ4n) is 1.59. The van der Waals surface area contributed by atoms with Crippen molar-refractivity contribution in [1.82, 2.24) is 0 Å². The van der Waals surface area contributed by atoms with Gasteiger partial charge in [0.25, 0.3) is 0 Å². The van der Waals surface area contributed by atoms with E-state index in [9.17, 15) is 9.59 Å². The van der Waals surface area contributed by atoms with Crippen LogP contribution in [0.3, 0.4) is 0 Å². The molecule has 110 valence electrons. The number of carboxylic acids is 1. The molecule has 0 radical (unpaired) electrons. The molecule has 0 spiro atoms. The number of carbonyl (C=O) groups excluding carboxylic acids is 1. The van der Waals surface area contributed by atoms with Gasteiger partial charge < -0.3 is 14.9 Å². The second kappa shape index (κ2) is 11.7. The highest BCUT2D eigenvalue weighted by atomic mass is 16.5. The SMILES string of the molecule is CCCCCC/C=C/C(CC(=O)OCCO)C(=O)O. The topological polar surface area (TPSA) is 83.8 Å². The summed E-state index contributed by atoms with van der Waals surface area (Å²) in [6.45, 7) is 1.79. The Kier molecular flexibility index (Phi) is 10.9. The van der Waals surface area contributed by atoms with Gasteiger partial charge in [0.05, 0.1) is 18.9 Å². The lowest BCUT2D eigenvalue weighted by Gasteiger charge is -2.07. The van der Waals surface area contributed by atoms with Gasteiger partial charge in [-0.25, -0.2) is 0 Å². The Balaban J connectivity index is 4.01. The number of unbranched alkanes of at least 4 members (excludes halogenated alkanes) is 4. The molecule has 0 saturated carbocycles. The van der Waals surface area contributed by atoms with E-state index in [4.69, 9.17) is 10.2 Å². The number of ether oxygens (including phenoxy) is 1. The van der Waals surface area contributed by atoms with Crippen LogP contribution in [0.15, 0.2) is 12.2 Å². The van der Waals surface area contributed by atoms with Crippen molar-refractivity contribution in [1.29, 1.82) is 0 Å². The molecule has 2 N–H and O–H groups in total. The molecule has 1 atom stereocenters. The monoisotopic (exact) mass is 272 g/mol. The number of hydrogen-bond donors (Lipinski definition) is 2. The van der Waals surface area contributed by atoms with E-state index in [1.165, 1.54) is 6.42 Å². The van der Waals surface area contributed by atoms with Gasteiger partial charge in [0.1, 0.15) is 6.61 Å². The summed E-state index contributed by atoms with van der Waals surface area (Å²) in [5.74, 6) is -2.49. The Bertz CT molecular complexity index is 286. The largest absolute Gasteiger partial charge is 0.481 e. The van der Waals surface area contributed by atoms with E-state index in [0.717, 1.165) is 25.7 Å². The fraction of sp³-hybridized carbons (Fsp3) is 0.714. The van der Waals surface area contributed by atoms with Gasteiger partial charge in [-0.2, -0.15) is 0 Å². The maximum atomic E-state index is 11.3.